The Balaban J connectivity index is 3.60. The largest absolute Gasteiger partial charge is 0.300 e. The molecule has 0 radical (unpaired) electrons. The first kappa shape index (κ1) is 18.9. The first-order valence-electron chi connectivity index (χ1n) is 7.59. The molecule has 0 amide bonds. The van der Waals surface area contributed by atoms with E-state index in [4.69, 9.17) is 0 Å². The molecule has 0 aromatic rings. The Morgan fingerprint density at radius 3 is 1.67 bits per heavy atom. The van der Waals surface area contributed by atoms with Crippen molar-refractivity contribution in [3.8, 4) is 47.4 Å². The summed E-state index contributed by atoms with van der Waals surface area (Å²) in [6.07, 6.45) is 7.60. The van der Waals surface area contributed by atoms with Crippen molar-refractivity contribution in [2.75, 3.05) is 0 Å². The van der Waals surface area contributed by atoms with Crippen molar-refractivity contribution in [2.45, 2.75) is 71.6 Å². The van der Waals surface area contributed by atoms with Crippen LogP contribution in [0.1, 0.15) is 71.6 Å². The zero-order chi connectivity index (χ0) is 15.6. The minimum atomic E-state index is 0.180. The maximum absolute atomic E-state index is 10.7. The molecule has 0 aliphatic rings. The van der Waals surface area contributed by atoms with E-state index in [0.29, 0.717) is 32.1 Å². The quantitative estimate of drug-likeness (QED) is 0.547. The molecule has 110 valence electrons. The van der Waals surface area contributed by atoms with Crippen molar-refractivity contribution in [3.05, 3.63) is 0 Å². The van der Waals surface area contributed by atoms with Gasteiger partial charge in [-0.1, -0.05) is 55.3 Å². The average molecular weight is 280 g/mol. The summed E-state index contributed by atoms with van der Waals surface area (Å²) in [4.78, 5) is 10.7. The predicted octanol–water partition coefficient (Wildman–Crippen LogP) is 4.12. The highest BCUT2D eigenvalue weighted by molar-refractivity contribution is 5.75. The summed E-state index contributed by atoms with van der Waals surface area (Å²) in [5.41, 5.74) is 0. The van der Waals surface area contributed by atoms with Crippen LogP contribution in [0.25, 0.3) is 0 Å². The SMILES string of the molecule is CCCCCC#CCC#CCC#CCC#CCCC(C)=O. The number of Topliss-reactive ketones (excluding diaryl/α,β-unsaturated/α-hetero) is 1. The van der Waals surface area contributed by atoms with Crippen molar-refractivity contribution in [1.82, 2.24) is 0 Å². The Morgan fingerprint density at radius 1 is 0.714 bits per heavy atom. The van der Waals surface area contributed by atoms with Crippen molar-refractivity contribution >= 4 is 5.78 Å². The minimum absolute atomic E-state index is 0.180. The van der Waals surface area contributed by atoms with E-state index >= 15 is 0 Å². The van der Waals surface area contributed by atoms with E-state index in [-0.39, 0.29) is 5.78 Å². The van der Waals surface area contributed by atoms with Gasteiger partial charge in [0, 0.05) is 19.3 Å². The van der Waals surface area contributed by atoms with Crippen LogP contribution >= 0.6 is 0 Å². The lowest BCUT2D eigenvalue weighted by Gasteiger charge is -1.87. The van der Waals surface area contributed by atoms with Crippen LogP contribution in [-0.2, 0) is 4.79 Å². The highest BCUT2D eigenvalue weighted by atomic mass is 16.1. The lowest BCUT2D eigenvalue weighted by Crippen LogP contribution is -1.86. The molecule has 0 aliphatic carbocycles. The molecule has 0 aliphatic heterocycles. The third-order valence-electron chi connectivity index (χ3n) is 2.54. The molecular weight excluding hydrogens is 256 g/mol. The van der Waals surface area contributed by atoms with Gasteiger partial charge in [0.1, 0.15) is 5.78 Å². The van der Waals surface area contributed by atoms with E-state index in [9.17, 15) is 4.79 Å². The Hall–Kier alpha value is -2.09. The summed E-state index contributed by atoms with van der Waals surface area (Å²) >= 11 is 0. The van der Waals surface area contributed by atoms with E-state index in [1.165, 1.54) is 19.3 Å². The van der Waals surface area contributed by atoms with Gasteiger partial charge in [0.25, 0.3) is 0 Å². The van der Waals surface area contributed by atoms with E-state index in [1.54, 1.807) is 6.92 Å². The number of carbonyl (C=O) groups is 1. The minimum Gasteiger partial charge on any atom is -0.300 e. The molecular formula is C20H24O. The van der Waals surface area contributed by atoms with Crippen LogP contribution in [0.5, 0.6) is 0 Å². The summed E-state index contributed by atoms with van der Waals surface area (Å²) in [6.45, 7) is 3.77. The molecule has 1 nitrogen and oxygen atoms in total. The monoisotopic (exact) mass is 280 g/mol. The number of ketones is 1. The molecule has 0 fully saturated rings. The molecule has 0 aromatic heterocycles. The summed E-state index contributed by atoms with van der Waals surface area (Å²) in [5.74, 6) is 24.1. The molecule has 0 heterocycles. The summed E-state index contributed by atoms with van der Waals surface area (Å²) < 4.78 is 0. The van der Waals surface area contributed by atoms with Gasteiger partial charge in [-0.25, -0.2) is 0 Å². The predicted molar refractivity (Wildman–Crippen MR) is 89.0 cm³/mol. The lowest BCUT2D eigenvalue weighted by atomic mass is 10.2. The molecule has 0 aromatic carbocycles. The third-order valence-corrected chi connectivity index (χ3v) is 2.54. The molecule has 0 unspecified atom stereocenters. The van der Waals surface area contributed by atoms with Gasteiger partial charge in [-0.05, 0) is 13.3 Å². The standard InChI is InChI=1S/C20H24O/c1-3-4-5-6-7-8-9-10-11-12-13-14-15-16-17-18-19-20(2)21/h3-6,9,12,15,18-19H2,1-2H3. The second-order valence-corrected chi connectivity index (χ2v) is 4.60. The Morgan fingerprint density at radius 2 is 1.19 bits per heavy atom. The Bertz CT molecular complexity index is 523. The first-order chi connectivity index (χ1) is 10.3. The van der Waals surface area contributed by atoms with Gasteiger partial charge in [0.2, 0.25) is 0 Å². The normalized spacial score (nSPS) is 7.90. The smallest absolute Gasteiger partial charge is 0.130 e. The fourth-order valence-corrected chi connectivity index (χ4v) is 1.39. The molecule has 0 N–H and O–H groups in total. The molecule has 0 saturated heterocycles. The van der Waals surface area contributed by atoms with Crippen LogP contribution in [0.2, 0.25) is 0 Å². The van der Waals surface area contributed by atoms with Crippen LogP contribution in [0.3, 0.4) is 0 Å². The Labute approximate surface area is 130 Å². The maximum atomic E-state index is 10.7. The topological polar surface area (TPSA) is 17.1 Å². The molecule has 0 bridgehead atoms. The van der Waals surface area contributed by atoms with Gasteiger partial charge < -0.3 is 0 Å². The highest BCUT2D eigenvalue weighted by Gasteiger charge is 1.87. The van der Waals surface area contributed by atoms with Gasteiger partial charge >= 0.3 is 0 Å². The number of rotatable bonds is 5. The second-order valence-electron chi connectivity index (χ2n) is 4.60. The van der Waals surface area contributed by atoms with Crippen molar-refractivity contribution in [1.29, 1.82) is 0 Å². The number of unbranched alkanes of at least 4 members (excludes halogenated alkanes) is 3. The number of carbonyl (C=O) groups excluding carboxylic acids is 1. The van der Waals surface area contributed by atoms with Gasteiger partial charge in [-0.3, -0.25) is 4.79 Å². The van der Waals surface area contributed by atoms with Crippen molar-refractivity contribution in [2.24, 2.45) is 0 Å². The molecule has 0 atom stereocenters. The summed E-state index contributed by atoms with van der Waals surface area (Å²) in [6, 6.07) is 0. The summed E-state index contributed by atoms with van der Waals surface area (Å²) in [5, 5.41) is 0. The zero-order valence-corrected chi connectivity index (χ0v) is 13.3. The van der Waals surface area contributed by atoms with Crippen LogP contribution in [0.4, 0.5) is 0 Å². The van der Waals surface area contributed by atoms with Crippen LogP contribution in [-0.4, -0.2) is 5.78 Å². The van der Waals surface area contributed by atoms with E-state index in [0.717, 1.165) is 6.42 Å². The first-order valence-corrected chi connectivity index (χ1v) is 7.59. The van der Waals surface area contributed by atoms with E-state index in [2.05, 4.69) is 54.3 Å². The molecule has 0 saturated carbocycles. The summed E-state index contributed by atoms with van der Waals surface area (Å²) in [7, 11) is 0. The van der Waals surface area contributed by atoms with Crippen molar-refractivity contribution in [3.63, 3.8) is 0 Å². The fourth-order valence-electron chi connectivity index (χ4n) is 1.39. The number of hydrogen-bond donors (Lipinski definition) is 0. The van der Waals surface area contributed by atoms with Crippen LogP contribution in [0, 0.1) is 47.4 Å². The van der Waals surface area contributed by atoms with Gasteiger partial charge in [0.05, 0.1) is 19.3 Å². The second kappa shape index (κ2) is 16.0. The third kappa shape index (κ3) is 17.9. The Kier molecular flexibility index (Phi) is 14.4. The van der Waals surface area contributed by atoms with E-state index in [1.807, 2.05) is 0 Å². The fraction of sp³-hybridized carbons (Fsp3) is 0.550. The zero-order valence-electron chi connectivity index (χ0n) is 13.3. The van der Waals surface area contributed by atoms with Gasteiger partial charge in [0.15, 0.2) is 0 Å². The lowest BCUT2D eigenvalue weighted by molar-refractivity contribution is -0.116. The van der Waals surface area contributed by atoms with Gasteiger partial charge in [-0.2, -0.15) is 0 Å². The molecule has 0 rings (SSSR count). The van der Waals surface area contributed by atoms with E-state index < -0.39 is 0 Å². The molecule has 1 heteroatoms. The maximum Gasteiger partial charge on any atom is 0.130 e. The average Bonchev–Trinajstić information content (AvgIpc) is 2.46. The van der Waals surface area contributed by atoms with Crippen molar-refractivity contribution < 1.29 is 4.79 Å². The van der Waals surface area contributed by atoms with Gasteiger partial charge in [-0.15, -0.1) is 11.8 Å². The molecule has 0 spiro atoms. The van der Waals surface area contributed by atoms with Crippen LogP contribution in [0.15, 0.2) is 0 Å². The number of hydrogen-bond acceptors (Lipinski definition) is 1. The highest BCUT2D eigenvalue weighted by Crippen LogP contribution is 1.96. The molecule has 21 heavy (non-hydrogen) atoms. The van der Waals surface area contributed by atoms with Crippen LogP contribution < -0.4 is 0 Å².